The minimum atomic E-state index is -2.68. The number of nitrogens with one attached hydrogen (secondary N) is 1. The van der Waals surface area contributed by atoms with Crippen molar-refractivity contribution in [3.63, 3.8) is 0 Å². The van der Waals surface area contributed by atoms with Gasteiger partial charge in [-0.1, -0.05) is 0 Å². The summed E-state index contributed by atoms with van der Waals surface area (Å²) in [4.78, 5) is 13.8. The molecule has 0 spiro atoms. The summed E-state index contributed by atoms with van der Waals surface area (Å²) in [6, 6.07) is 0. The molecule has 2 heterocycles. The molecule has 1 saturated carbocycles. The van der Waals surface area contributed by atoms with E-state index >= 15 is 0 Å². The maximum absolute atomic E-state index is 13.5. The first-order valence-corrected chi connectivity index (χ1v) is 8.72. The molecule has 1 N–H and O–H groups in total. The standard InChI is InChI=1S/C14H20F2N4O3S/c15-14(16)3-1-2-10(14)8-17-11(21)9-23-13-12(18-24-19-13)20-4-6-22-7-5-20/h10H,1-9H2,(H,17,21). The second-order valence-corrected chi connectivity index (χ2v) is 6.46. The summed E-state index contributed by atoms with van der Waals surface area (Å²) >= 11 is 1.01. The molecule has 0 radical (unpaired) electrons. The molecule has 2 fully saturated rings. The van der Waals surface area contributed by atoms with Crippen LogP contribution in [0, 0.1) is 5.92 Å². The lowest BCUT2D eigenvalue weighted by atomic mass is 10.1. The SMILES string of the molecule is O=C(COc1nsnc1N1CCOCC1)NCC1CCCC1(F)F. The molecule has 1 atom stereocenters. The number of aromatic nitrogens is 2. The summed E-state index contributed by atoms with van der Waals surface area (Å²) < 4.78 is 46.0. The number of anilines is 1. The Kier molecular flexibility index (Phi) is 5.44. The minimum absolute atomic E-state index is 0.0270. The van der Waals surface area contributed by atoms with E-state index < -0.39 is 17.7 Å². The van der Waals surface area contributed by atoms with E-state index in [0.29, 0.717) is 50.8 Å². The van der Waals surface area contributed by atoms with E-state index in [2.05, 4.69) is 14.1 Å². The molecular formula is C14H20F2N4O3S. The molecule has 3 rings (SSSR count). The lowest BCUT2D eigenvalue weighted by molar-refractivity contribution is -0.124. The predicted molar refractivity (Wildman–Crippen MR) is 83.7 cm³/mol. The van der Waals surface area contributed by atoms with Crippen molar-refractivity contribution in [2.75, 3.05) is 44.4 Å². The first-order valence-electron chi connectivity index (χ1n) is 7.99. The van der Waals surface area contributed by atoms with Gasteiger partial charge in [-0.05, 0) is 12.8 Å². The number of hydrogen-bond donors (Lipinski definition) is 1. The zero-order valence-electron chi connectivity index (χ0n) is 13.2. The maximum atomic E-state index is 13.5. The van der Waals surface area contributed by atoms with E-state index in [1.54, 1.807) is 0 Å². The van der Waals surface area contributed by atoms with Gasteiger partial charge in [-0.15, -0.1) is 4.37 Å². The number of carbonyl (C=O) groups excluding carboxylic acids is 1. The Bertz CT molecular complexity index is 566. The van der Waals surface area contributed by atoms with Crippen molar-refractivity contribution in [3.05, 3.63) is 0 Å². The van der Waals surface area contributed by atoms with Gasteiger partial charge in [0.2, 0.25) is 5.82 Å². The summed E-state index contributed by atoms with van der Waals surface area (Å²) in [5, 5.41) is 2.52. The smallest absolute Gasteiger partial charge is 0.271 e. The largest absolute Gasteiger partial charge is 0.464 e. The van der Waals surface area contributed by atoms with E-state index in [9.17, 15) is 13.6 Å². The number of rotatable bonds is 6. The van der Waals surface area contributed by atoms with Crippen LogP contribution in [-0.4, -0.2) is 60.0 Å². The van der Waals surface area contributed by atoms with Crippen LogP contribution < -0.4 is 15.0 Å². The molecule has 1 aliphatic carbocycles. The molecular weight excluding hydrogens is 342 g/mol. The highest BCUT2D eigenvalue weighted by Crippen LogP contribution is 2.39. The number of amides is 1. The number of alkyl halides is 2. The first-order chi connectivity index (χ1) is 11.6. The highest BCUT2D eigenvalue weighted by Gasteiger charge is 2.43. The zero-order chi connectivity index (χ0) is 17.0. The van der Waals surface area contributed by atoms with E-state index in [0.717, 1.165) is 11.7 Å². The molecule has 1 aliphatic heterocycles. The highest BCUT2D eigenvalue weighted by molar-refractivity contribution is 6.99. The van der Waals surface area contributed by atoms with Crippen molar-refractivity contribution in [3.8, 4) is 5.88 Å². The lowest BCUT2D eigenvalue weighted by Crippen LogP contribution is -2.38. The average molecular weight is 362 g/mol. The molecule has 10 heteroatoms. The molecule has 134 valence electrons. The minimum Gasteiger partial charge on any atom is -0.464 e. The molecule has 1 aromatic heterocycles. The Labute approximate surface area is 142 Å². The number of ether oxygens (including phenoxy) is 2. The fourth-order valence-corrected chi connectivity index (χ4v) is 3.43. The van der Waals surface area contributed by atoms with Gasteiger partial charge >= 0.3 is 0 Å². The second-order valence-electron chi connectivity index (χ2n) is 5.94. The van der Waals surface area contributed by atoms with Crippen molar-refractivity contribution < 1.29 is 23.0 Å². The summed E-state index contributed by atoms with van der Waals surface area (Å²) in [5.74, 6) is -3.01. The third-order valence-corrected chi connectivity index (χ3v) is 4.80. The lowest BCUT2D eigenvalue weighted by Gasteiger charge is -2.26. The van der Waals surface area contributed by atoms with Crippen LogP contribution >= 0.6 is 11.7 Å². The molecule has 2 aliphatic rings. The van der Waals surface area contributed by atoms with E-state index in [1.165, 1.54) is 0 Å². The number of nitrogens with zero attached hydrogens (tertiary/aromatic N) is 3. The van der Waals surface area contributed by atoms with Crippen molar-refractivity contribution in [2.45, 2.75) is 25.2 Å². The normalized spacial score (nSPS) is 23.2. The van der Waals surface area contributed by atoms with E-state index in [-0.39, 0.29) is 19.6 Å². The molecule has 1 amide bonds. The Morgan fingerprint density at radius 2 is 2.21 bits per heavy atom. The van der Waals surface area contributed by atoms with Gasteiger partial charge in [-0.25, -0.2) is 8.78 Å². The molecule has 1 aromatic rings. The Morgan fingerprint density at radius 1 is 1.42 bits per heavy atom. The molecule has 1 unspecified atom stereocenters. The Morgan fingerprint density at radius 3 is 2.92 bits per heavy atom. The number of morpholine rings is 1. The topological polar surface area (TPSA) is 76.6 Å². The fraction of sp³-hybridized carbons (Fsp3) is 0.786. The molecule has 0 bridgehead atoms. The van der Waals surface area contributed by atoms with Gasteiger partial charge in [0.15, 0.2) is 6.61 Å². The van der Waals surface area contributed by atoms with Crippen molar-refractivity contribution >= 4 is 23.5 Å². The Hall–Kier alpha value is -1.55. The summed E-state index contributed by atoms with van der Waals surface area (Å²) in [5.41, 5.74) is 0. The monoisotopic (exact) mass is 362 g/mol. The van der Waals surface area contributed by atoms with Crippen LogP contribution in [0.5, 0.6) is 5.88 Å². The number of carbonyl (C=O) groups is 1. The van der Waals surface area contributed by atoms with Crippen LogP contribution in [0.25, 0.3) is 0 Å². The van der Waals surface area contributed by atoms with Crippen molar-refractivity contribution in [1.29, 1.82) is 0 Å². The predicted octanol–water partition coefficient (Wildman–Crippen LogP) is 1.31. The third-order valence-electron chi connectivity index (χ3n) is 4.30. The summed E-state index contributed by atoms with van der Waals surface area (Å²) in [6.07, 6.45) is 0.834. The summed E-state index contributed by atoms with van der Waals surface area (Å²) in [6.45, 7) is 2.29. The second kappa shape index (κ2) is 7.56. The maximum Gasteiger partial charge on any atom is 0.271 e. The van der Waals surface area contributed by atoms with Crippen LogP contribution in [0.3, 0.4) is 0 Å². The van der Waals surface area contributed by atoms with Crippen LogP contribution in [0.4, 0.5) is 14.6 Å². The van der Waals surface area contributed by atoms with Crippen LogP contribution in [-0.2, 0) is 9.53 Å². The van der Waals surface area contributed by atoms with Crippen LogP contribution in [0.2, 0.25) is 0 Å². The highest BCUT2D eigenvalue weighted by atomic mass is 32.1. The molecule has 24 heavy (non-hydrogen) atoms. The van der Waals surface area contributed by atoms with Crippen molar-refractivity contribution in [2.24, 2.45) is 5.92 Å². The van der Waals surface area contributed by atoms with Gasteiger partial charge in [0, 0.05) is 32.0 Å². The zero-order valence-corrected chi connectivity index (χ0v) is 14.0. The van der Waals surface area contributed by atoms with Gasteiger partial charge in [-0.3, -0.25) is 4.79 Å². The third kappa shape index (κ3) is 4.10. The van der Waals surface area contributed by atoms with Gasteiger partial charge in [0.1, 0.15) is 0 Å². The molecule has 7 nitrogen and oxygen atoms in total. The van der Waals surface area contributed by atoms with E-state index in [4.69, 9.17) is 9.47 Å². The van der Waals surface area contributed by atoms with Gasteiger partial charge < -0.3 is 19.7 Å². The quantitative estimate of drug-likeness (QED) is 0.822. The number of halogens is 2. The molecule has 0 aromatic carbocycles. The Balaban J connectivity index is 1.46. The van der Waals surface area contributed by atoms with Crippen LogP contribution in [0.1, 0.15) is 19.3 Å². The van der Waals surface area contributed by atoms with Crippen molar-refractivity contribution in [1.82, 2.24) is 14.1 Å². The average Bonchev–Trinajstić information content (AvgIpc) is 3.17. The summed E-state index contributed by atoms with van der Waals surface area (Å²) in [7, 11) is 0. The van der Waals surface area contributed by atoms with Gasteiger partial charge in [-0.2, -0.15) is 4.37 Å². The van der Waals surface area contributed by atoms with E-state index in [1.807, 2.05) is 4.90 Å². The first kappa shape index (κ1) is 17.3. The van der Waals surface area contributed by atoms with Gasteiger partial charge in [0.05, 0.1) is 24.9 Å². The molecule has 1 saturated heterocycles. The van der Waals surface area contributed by atoms with Gasteiger partial charge in [0.25, 0.3) is 17.7 Å². The van der Waals surface area contributed by atoms with Crippen LogP contribution in [0.15, 0.2) is 0 Å². The number of hydrogen-bond acceptors (Lipinski definition) is 7. The fourth-order valence-electron chi connectivity index (χ4n) is 2.91.